The number of halogens is 1. The lowest BCUT2D eigenvalue weighted by molar-refractivity contribution is 0.0179. The van der Waals surface area contributed by atoms with Gasteiger partial charge in [-0.3, -0.25) is 9.89 Å². The summed E-state index contributed by atoms with van der Waals surface area (Å²) in [6.07, 6.45) is 5.07. The monoisotopic (exact) mass is 532 g/mol. The first-order valence-electron chi connectivity index (χ1n) is 10.8. The molecule has 1 heterocycles. The summed E-state index contributed by atoms with van der Waals surface area (Å²) in [5.74, 6) is 2.41. The van der Waals surface area contributed by atoms with Crippen molar-refractivity contribution in [2.45, 2.75) is 44.7 Å². The third-order valence-corrected chi connectivity index (χ3v) is 5.74. The molecule has 1 atom stereocenters. The van der Waals surface area contributed by atoms with E-state index in [1.807, 2.05) is 6.07 Å². The summed E-state index contributed by atoms with van der Waals surface area (Å²) < 4.78 is 16.5. The second-order valence-electron chi connectivity index (χ2n) is 7.62. The number of hydrogen-bond donors (Lipinski definition) is 2. The predicted molar refractivity (Wildman–Crippen MR) is 131 cm³/mol. The third-order valence-electron chi connectivity index (χ3n) is 5.74. The second kappa shape index (κ2) is 13.2. The predicted octanol–water partition coefficient (Wildman–Crippen LogP) is 3.19. The van der Waals surface area contributed by atoms with Crippen LogP contribution in [0.25, 0.3) is 0 Å². The van der Waals surface area contributed by atoms with Crippen LogP contribution in [0.2, 0.25) is 0 Å². The number of aliphatic imine (C=N–C) groups is 1. The minimum atomic E-state index is 0. The maximum Gasteiger partial charge on any atom is 0.191 e. The van der Waals surface area contributed by atoms with E-state index in [9.17, 15) is 0 Å². The molecule has 2 aliphatic rings. The number of nitrogens with zero attached hydrogens (tertiary/aromatic N) is 2. The normalized spacial score (nSPS) is 19.1. The molecule has 3 rings (SSSR count). The van der Waals surface area contributed by atoms with Crippen molar-refractivity contribution < 1.29 is 14.2 Å². The molecule has 1 saturated heterocycles. The maximum absolute atomic E-state index is 5.57. The van der Waals surface area contributed by atoms with Gasteiger partial charge in [-0.1, -0.05) is 18.9 Å². The van der Waals surface area contributed by atoms with Gasteiger partial charge in [0.15, 0.2) is 17.5 Å². The Morgan fingerprint density at radius 3 is 2.50 bits per heavy atom. The van der Waals surface area contributed by atoms with Crippen LogP contribution in [0.15, 0.2) is 23.2 Å². The fourth-order valence-corrected chi connectivity index (χ4v) is 4.14. The van der Waals surface area contributed by atoms with Gasteiger partial charge < -0.3 is 24.8 Å². The maximum atomic E-state index is 5.57. The summed E-state index contributed by atoms with van der Waals surface area (Å²) in [6, 6.07) is 6.88. The van der Waals surface area contributed by atoms with Crippen molar-refractivity contribution in [1.29, 1.82) is 0 Å². The number of benzene rings is 1. The fourth-order valence-electron chi connectivity index (χ4n) is 4.14. The van der Waals surface area contributed by atoms with E-state index in [2.05, 4.69) is 34.6 Å². The van der Waals surface area contributed by atoms with Gasteiger partial charge in [-0.15, -0.1) is 24.0 Å². The van der Waals surface area contributed by atoms with Crippen molar-refractivity contribution in [2.75, 3.05) is 53.6 Å². The summed E-state index contributed by atoms with van der Waals surface area (Å²) in [7, 11) is 3.34. The SMILES string of the molecule is CCNC(=NCC(c1ccc(OC)c(OC)c1)N1CCOCC1)NC1CCCC1.I. The van der Waals surface area contributed by atoms with Gasteiger partial charge in [-0.2, -0.15) is 0 Å². The molecule has 8 heteroatoms. The van der Waals surface area contributed by atoms with Crippen LogP contribution in [0.3, 0.4) is 0 Å². The lowest BCUT2D eigenvalue weighted by Gasteiger charge is -2.34. The van der Waals surface area contributed by atoms with E-state index in [0.29, 0.717) is 12.6 Å². The smallest absolute Gasteiger partial charge is 0.191 e. The third kappa shape index (κ3) is 6.88. The molecule has 0 bridgehead atoms. The van der Waals surface area contributed by atoms with Crippen LogP contribution in [-0.2, 0) is 4.74 Å². The van der Waals surface area contributed by atoms with Gasteiger partial charge in [0.2, 0.25) is 0 Å². The molecule has 30 heavy (non-hydrogen) atoms. The fraction of sp³-hybridized carbons (Fsp3) is 0.682. The molecule has 1 aliphatic carbocycles. The van der Waals surface area contributed by atoms with Gasteiger partial charge in [0.25, 0.3) is 0 Å². The zero-order valence-electron chi connectivity index (χ0n) is 18.5. The van der Waals surface area contributed by atoms with Gasteiger partial charge in [0.05, 0.1) is 40.0 Å². The molecule has 0 radical (unpaired) electrons. The number of guanidine groups is 1. The van der Waals surface area contributed by atoms with E-state index in [1.165, 1.54) is 31.2 Å². The van der Waals surface area contributed by atoms with Crippen LogP contribution in [-0.4, -0.2) is 70.5 Å². The zero-order valence-corrected chi connectivity index (χ0v) is 20.8. The van der Waals surface area contributed by atoms with E-state index in [4.69, 9.17) is 19.2 Å². The molecule has 1 saturated carbocycles. The standard InChI is InChI=1S/C22H36N4O3.HI/c1-4-23-22(25-18-7-5-6-8-18)24-16-19(26-11-13-29-14-12-26)17-9-10-20(27-2)21(15-17)28-3;/h9-10,15,18-19H,4-8,11-14,16H2,1-3H3,(H2,23,24,25);1H. The van der Waals surface area contributed by atoms with E-state index < -0.39 is 0 Å². The Morgan fingerprint density at radius 2 is 1.87 bits per heavy atom. The van der Waals surface area contributed by atoms with E-state index >= 15 is 0 Å². The number of morpholine rings is 1. The van der Waals surface area contributed by atoms with E-state index in [0.717, 1.165) is 50.3 Å². The van der Waals surface area contributed by atoms with Crippen molar-refractivity contribution >= 4 is 29.9 Å². The molecule has 1 aromatic carbocycles. The first-order chi connectivity index (χ1) is 14.2. The Balaban J connectivity index is 0.00000320. The second-order valence-corrected chi connectivity index (χ2v) is 7.62. The molecular formula is C22H37IN4O3. The van der Waals surface area contributed by atoms with Crippen molar-refractivity contribution in [3.8, 4) is 11.5 Å². The van der Waals surface area contributed by atoms with Gasteiger partial charge in [0.1, 0.15) is 0 Å². The highest BCUT2D eigenvalue weighted by Crippen LogP contribution is 2.32. The highest BCUT2D eigenvalue weighted by atomic mass is 127. The van der Waals surface area contributed by atoms with Crippen LogP contribution < -0.4 is 20.1 Å². The molecular weight excluding hydrogens is 495 g/mol. The van der Waals surface area contributed by atoms with Crippen LogP contribution in [0, 0.1) is 0 Å². The largest absolute Gasteiger partial charge is 0.493 e. The minimum absolute atomic E-state index is 0. The molecule has 0 aromatic heterocycles. The molecule has 170 valence electrons. The van der Waals surface area contributed by atoms with E-state index in [1.54, 1.807) is 14.2 Å². The van der Waals surface area contributed by atoms with Gasteiger partial charge >= 0.3 is 0 Å². The highest BCUT2D eigenvalue weighted by Gasteiger charge is 2.24. The Morgan fingerprint density at radius 1 is 1.17 bits per heavy atom. The first kappa shape index (κ1) is 25.0. The molecule has 1 aromatic rings. The molecule has 2 fully saturated rings. The first-order valence-corrected chi connectivity index (χ1v) is 10.8. The molecule has 2 N–H and O–H groups in total. The Labute approximate surface area is 197 Å². The van der Waals surface area contributed by atoms with Gasteiger partial charge in [-0.25, -0.2) is 0 Å². The average Bonchev–Trinajstić information content (AvgIpc) is 3.27. The topological polar surface area (TPSA) is 67.4 Å². The van der Waals surface area contributed by atoms with Crippen molar-refractivity contribution in [3.05, 3.63) is 23.8 Å². The number of nitrogens with one attached hydrogen (secondary N) is 2. The van der Waals surface area contributed by atoms with Gasteiger partial charge in [0, 0.05) is 25.7 Å². The number of ether oxygens (including phenoxy) is 3. The van der Waals surface area contributed by atoms with Crippen LogP contribution in [0.1, 0.15) is 44.2 Å². The molecule has 1 aliphatic heterocycles. The highest BCUT2D eigenvalue weighted by molar-refractivity contribution is 14.0. The Bertz CT molecular complexity index is 662. The van der Waals surface area contributed by atoms with Crippen molar-refractivity contribution in [1.82, 2.24) is 15.5 Å². The van der Waals surface area contributed by atoms with Crippen LogP contribution in [0.4, 0.5) is 0 Å². The average molecular weight is 532 g/mol. The Hall–Kier alpha value is -1.26. The molecule has 7 nitrogen and oxygen atoms in total. The summed E-state index contributed by atoms with van der Waals surface area (Å²) >= 11 is 0. The van der Waals surface area contributed by atoms with Crippen LogP contribution >= 0.6 is 24.0 Å². The number of methoxy groups -OCH3 is 2. The van der Waals surface area contributed by atoms with Crippen molar-refractivity contribution in [2.24, 2.45) is 4.99 Å². The Kier molecular flexibility index (Phi) is 11.0. The number of hydrogen-bond acceptors (Lipinski definition) is 5. The molecule has 0 spiro atoms. The summed E-state index contributed by atoms with van der Waals surface area (Å²) in [5, 5.41) is 7.03. The molecule has 1 unspecified atom stereocenters. The van der Waals surface area contributed by atoms with Crippen molar-refractivity contribution in [3.63, 3.8) is 0 Å². The quantitative estimate of drug-likeness (QED) is 0.305. The summed E-state index contributed by atoms with van der Waals surface area (Å²) in [6.45, 7) is 6.97. The summed E-state index contributed by atoms with van der Waals surface area (Å²) in [5.41, 5.74) is 1.19. The van der Waals surface area contributed by atoms with Gasteiger partial charge in [-0.05, 0) is 37.5 Å². The number of rotatable bonds is 8. The zero-order chi connectivity index (χ0) is 20.5. The minimum Gasteiger partial charge on any atom is -0.493 e. The lowest BCUT2D eigenvalue weighted by Crippen LogP contribution is -2.44. The summed E-state index contributed by atoms with van der Waals surface area (Å²) in [4.78, 5) is 7.42. The van der Waals surface area contributed by atoms with E-state index in [-0.39, 0.29) is 30.0 Å². The lowest BCUT2D eigenvalue weighted by atomic mass is 10.0. The van der Waals surface area contributed by atoms with Crippen LogP contribution in [0.5, 0.6) is 11.5 Å². The molecule has 0 amide bonds.